The number of pyridine rings is 1. The van der Waals surface area contributed by atoms with Crippen LogP contribution in [-0.4, -0.2) is 22.5 Å². The quantitative estimate of drug-likeness (QED) is 0.395. The third-order valence-electron chi connectivity index (χ3n) is 5.25. The second kappa shape index (κ2) is 8.44. The van der Waals surface area contributed by atoms with E-state index in [1.165, 1.54) is 6.92 Å². The lowest BCUT2D eigenvalue weighted by Crippen LogP contribution is -2.31. The minimum absolute atomic E-state index is 0.0817. The summed E-state index contributed by atoms with van der Waals surface area (Å²) in [6, 6.07) is 21.7. The molecule has 1 heterocycles. The molecule has 6 nitrogen and oxygen atoms in total. The summed E-state index contributed by atoms with van der Waals surface area (Å²) in [5, 5.41) is 3.84. The zero-order valence-electron chi connectivity index (χ0n) is 17.3. The molecule has 4 rings (SSSR count). The van der Waals surface area contributed by atoms with Crippen LogP contribution in [0.5, 0.6) is 0 Å². The molecule has 0 aliphatic carbocycles. The number of benzene rings is 3. The maximum Gasteiger partial charge on any atom is 0.326 e. The third kappa shape index (κ3) is 4.05. The molecule has 31 heavy (non-hydrogen) atoms. The number of hydrogen-bond donors (Lipinski definition) is 1. The van der Waals surface area contributed by atoms with E-state index in [2.05, 4.69) is 5.32 Å². The molecule has 0 saturated carbocycles. The Labute approximate surface area is 179 Å². The Hall–Kier alpha value is -3.93. The van der Waals surface area contributed by atoms with Crippen LogP contribution in [0.15, 0.2) is 77.6 Å². The largest absolute Gasteiger partial charge is 0.451 e. The van der Waals surface area contributed by atoms with Gasteiger partial charge in [-0.3, -0.25) is 14.4 Å². The van der Waals surface area contributed by atoms with Crippen molar-refractivity contribution >= 4 is 39.4 Å². The Morgan fingerprint density at radius 3 is 2.06 bits per heavy atom. The smallest absolute Gasteiger partial charge is 0.326 e. The molecule has 1 unspecified atom stereocenters. The fraction of sp³-hybridized carbons (Fsp3) is 0.160. The van der Waals surface area contributed by atoms with E-state index in [-0.39, 0.29) is 12.0 Å². The highest BCUT2D eigenvalue weighted by Gasteiger charge is 2.20. The van der Waals surface area contributed by atoms with Crippen molar-refractivity contribution in [1.82, 2.24) is 4.57 Å². The fourth-order valence-corrected chi connectivity index (χ4v) is 3.61. The molecule has 0 aliphatic heterocycles. The molecule has 3 aromatic carbocycles. The SMILES string of the molecule is Cc1ccccc1NC(=O)C(C)OC(=O)Cn1c2ccccc2c(=O)c2ccccc21. The number of hydrogen-bond acceptors (Lipinski definition) is 4. The molecule has 0 fully saturated rings. The number of aromatic nitrogens is 1. The number of carbonyl (C=O) groups excluding carboxylic acids is 2. The van der Waals surface area contributed by atoms with E-state index in [4.69, 9.17) is 4.74 Å². The van der Waals surface area contributed by atoms with Crippen LogP contribution in [0, 0.1) is 6.92 Å². The van der Waals surface area contributed by atoms with Gasteiger partial charge in [0.2, 0.25) is 0 Å². The predicted octanol–water partition coefficient (Wildman–Crippen LogP) is 4.03. The summed E-state index contributed by atoms with van der Waals surface area (Å²) in [7, 11) is 0. The summed E-state index contributed by atoms with van der Waals surface area (Å²) in [5.41, 5.74) is 2.79. The lowest BCUT2D eigenvalue weighted by Gasteiger charge is -2.17. The number of esters is 1. The number of amides is 1. The topological polar surface area (TPSA) is 77.4 Å². The maximum absolute atomic E-state index is 12.8. The lowest BCUT2D eigenvalue weighted by atomic mass is 10.1. The van der Waals surface area contributed by atoms with E-state index in [1.54, 1.807) is 47.0 Å². The predicted molar refractivity (Wildman–Crippen MR) is 121 cm³/mol. The maximum atomic E-state index is 12.8. The van der Waals surface area contributed by atoms with Crippen LogP contribution >= 0.6 is 0 Å². The van der Waals surface area contributed by atoms with Gasteiger partial charge in [-0.2, -0.15) is 0 Å². The normalized spacial score (nSPS) is 11.9. The number of fused-ring (bicyclic) bond motifs is 2. The summed E-state index contributed by atoms with van der Waals surface area (Å²) in [6.45, 7) is 3.30. The Morgan fingerprint density at radius 2 is 1.45 bits per heavy atom. The summed E-state index contributed by atoms with van der Waals surface area (Å²) in [5.74, 6) is -0.969. The van der Waals surface area contributed by atoms with Crippen LogP contribution in [0.4, 0.5) is 5.69 Å². The lowest BCUT2D eigenvalue weighted by molar-refractivity contribution is -0.153. The Kier molecular flexibility index (Phi) is 5.54. The van der Waals surface area contributed by atoms with Crippen LogP contribution < -0.4 is 10.7 Å². The Morgan fingerprint density at radius 1 is 0.903 bits per heavy atom. The van der Waals surface area contributed by atoms with Gasteiger partial charge in [-0.25, -0.2) is 0 Å². The molecule has 0 bridgehead atoms. The molecular formula is C25H22N2O4. The molecule has 1 atom stereocenters. The van der Waals surface area contributed by atoms with Crippen LogP contribution in [0.3, 0.4) is 0 Å². The molecule has 0 radical (unpaired) electrons. The first-order chi connectivity index (χ1) is 15.0. The van der Waals surface area contributed by atoms with E-state index in [0.29, 0.717) is 27.5 Å². The first kappa shape index (κ1) is 20.3. The van der Waals surface area contributed by atoms with E-state index >= 15 is 0 Å². The van der Waals surface area contributed by atoms with Crippen molar-refractivity contribution in [3.63, 3.8) is 0 Å². The highest BCUT2D eigenvalue weighted by Crippen LogP contribution is 2.19. The Balaban J connectivity index is 1.58. The van der Waals surface area contributed by atoms with Gasteiger partial charge in [0.15, 0.2) is 11.5 Å². The van der Waals surface area contributed by atoms with Crippen molar-refractivity contribution in [1.29, 1.82) is 0 Å². The number of rotatable bonds is 5. The minimum atomic E-state index is -0.969. The molecule has 1 amide bonds. The summed E-state index contributed by atoms with van der Waals surface area (Å²) >= 11 is 0. The molecule has 6 heteroatoms. The van der Waals surface area contributed by atoms with Gasteiger partial charge < -0.3 is 14.6 Å². The van der Waals surface area contributed by atoms with Crippen molar-refractivity contribution in [2.75, 3.05) is 5.32 Å². The number of ether oxygens (including phenoxy) is 1. The van der Waals surface area contributed by atoms with E-state index in [1.807, 2.05) is 37.3 Å². The second-order valence-electron chi connectivity index (χ2n) is 7.39. The molecule has 1 N–H and O–H groups in total. The molecule has 0 aliphatic rings. The monoisotopic (exact) mass is 414 g/mol. The van der Waals surface area contributed by atoms with Gasteiger partial charge in [-0.05, 0) is 49.7 Å². The van der Waals surface area contributed by atoms with E-state index < -0.39 is 18.0 Å². The summed E-state index contributed by atoms with van der Waals surface area (Å²) in [6.07, 6.45) is -0.969. The van der Waals surface area contributed by atoms with Crippen LogP contribution in [-0.2, 0) is 20.9 Å². The third-order valence-corrected chi connectivity index (χ3v) is 5.25. The zero-order valence-corrected chi connectivity index (χ0v) is 17.3. The number of carbonyl (C=O) groups is 2. The van der Waals surface area contributed by atoms with E-state index in [0.717, 1.165) is 5.56 Å². The van der Waals surface area contributed by atoms with Crippen molar-refractivity contribution in [2.24, 2.45) is 0 Å². The number of aryl methyl sites for hydroxylation is 1. The standard InChI is InChI=1S/C25H22N2O4/c1-16-9-3-6-12-20(16)26-25(30)17(2)31-23(28)15-27-21-13-7-4-10-18(21)24(29)19-11-5-8-14-22(19)27/h3-14,17H,15H2,1-2H3,(H,26,30). The van der Waals surface area contributed by atoms with E-state index in [9.17, 15) is 14.4 Å². The van der Waals surface area contributed by atoms with Gasteiger partial charge >= 0.3 is 5.97 Å². The Bertz CT molecular complexity index is 1300. The number of nitrogens with zero attached hydrogens (tertiary/aromatic N) is 1. The van der Waals surface area contributed by atoms with Gasteiger partial charge in [0.1, 0.15) is 6.54 Å². The summed E-state index contributed by atoms with van der Waals surface area (Å²) < 4.78 is 7.16. The van der Waals surface area contributed by atoms with Crippen LogP contribution in [0.25, 0.3) is 21.8 Å². The highest BCUT2D eigenvalue weighted by atomic mass is 16.5. The van der Waals surface area contributed by atoms with Crippen molar-refractivity contribution < 1.29 is 14.3 Å². The average molecular weight is 414 g/mol. The first-order valence-corrected chi connectivity index (χ1v) is 10.0. The second-order valence-corrected chi connectivity index (χ2v) is 7.39. The minimum Gasteiger partial charge on any atom is -0.451 e. The molecule has 0 saturated heterocycles. The van der Waals surface area contributed by atoms with Crippen molar-refractivity contribution in [3.8, 4) is 0 Å². The van der Waals surface area contributed by atoms with Crippen LogP contribution in [0.2, 0.25) is 0 Å². The molecule has 1 aromatic heterocycles. The zero-order chi connectivity index (χ0) is 22.0. The molecule has 0 spiro atoms. The molecular weight excluding hydrogens is 392 g/mol. The van der Waals surface area contributed by atoms with Crippen molar-refractivity contribution in [2.45, 2.75) is 26.5 Å². The average Bonchev–Trinajstić information content (AvgIpc) is 2.78. The van der Waals surface area contributed by atoms with Gasteiger partial charge in [0, 0.05) is 16.5 Å². The van der Waals surface area contributed by atoms with Gasteiger partial charge in [-0.15, -0.1) is 0 Å². The number of para-hydroxylation sites is 3. The van der Waals surface area contributed by atoms with Gasteiger partial charge in [-0.1, -0.05) is 42.5 Å². The first-order valence-electron chi connectivity index (χ1n) is 10.0. The molecule has 156 valence electrons. The number of nitrogens with one attached hydrogen (secondary N) is 1. The molecule has 4 aromatic rings. The fourth-order valence-electron chi connectivity index (χ4n) is 3.61. The highest BCUT2D eigenvalue weighted by molar-refractivity contribution is 5.96. The van der Waals surface area contributed by atoms with Crippen LogP contribution in [0.1, 0.15) is 12.5 Å². The van der Waals surface area contributed by atoms with Gasteiger partial charge in [0.05, 0.1) is 11.0 Å². The summed E-state index contributed by atoms with van der Waals surface area (Å²) in [4.78, 5) is 38.0. The van der Waals surface area contributed by atoms with Gasteiger partial charge in [0.25, 0.3) is 5.91 Å². The van der Waals surface area contributed by atoms with Crippen molar-refractivity contribution in [3.05, 3.63) is 88.6 Å². The number of anilines is 1.